The van der Waals surface area contributed by atoms with Gasteiger partial charge in [0.2, 0.25) is 0 Å². The molecule has 7 heteroatoms. The van der Waals surface area contributed by atoms with E-state index < -0.39 is 18.6 Å². The van der Waals surface area contributed by atoms with Crippen LogP contribution in [0.2, 0.25) is 0 Å². The van der Waals surface area contributed by atoms with Gasteiger partial charge in [-0.25, -0.2) is 0 Å². The topological polar surface area (TPSA) is 55.9 Å². The summed E-state index contributed by atoms with van der Waals surface area (Å²) < 4.78 is 39.2. The van der Waals surface area contributed by atoms with Crippen LogP contribution in [0, 0.1) is 0 Å². The smallest absolute Gasteiger partial charge is 0.271 e. The number of nitrogens with two attached hydrogens (primary N) is 1. The first-order valence-corrected chi connectivity index (χ1v) is 6.42. The van der Waals surface area contributed by atoms with E-state index in [-0.39, 0.29) is 6.42 Å². The second kappa shape index (κ2) is 5.80. The van der Waals surface area contributed by atoms with Crippen LogP contribution < -0.4 is 11.3 Å². The maximum absolute atomic E-state index is 12.5. The Balaban J connectivity index is 2.28. The molecule has 0 aliphatic carbocycles. The van der Waals surface area contributed by atoms with E-state index in [1.165, 1.54) is 0 Å². The lowest BCUT2D eigenvalue weighted by Crippen LogP contribution is -2.40. The number of aryl methyl sites for hydroxylation is 1. The number of halogens is 3. The highest BCUT2D eigenvalue weighted by Crippen LogP contribution is 2.25. The number of nitrogens with zero attached hydrogens (tertiary/aromatic N) is 2. The van der Waals surface area contributed by atoms with Crippen LogP contribution >= 0.6 is 0 Å². The lowest BCUT2D eigenvalue weighted by molar-refractivity contribution is -0.140. The van der Waals surface area contributed by atoms with Crippen molar-refractivity contribution >= 4 is 10.9 Å². The van der Waals surface area contributed by atoms with Gasteiger partial charge in [0.05, 0.1) is 17.6 Å². The molecular weight excluding hydrogens is 269 g/mol. The van der Waals surface area contributed by atoms with Crippen molar-refractivity contribution in [2.45, 2.75) is 38.5 Å². The SMILES string of the molecule is CCn1nc(CC(CC(F)(F)F)NN)c2ccccc21. The highest BCUT2D eigenvalue weighted by molar-refractivity contribution is 5.82. The van der Waals surface area contributed by atoms with Gasteiger partial charge in [0.25, 0.3) is 0 Å². The van der Waals surface area contributed by atoms with Crippen LogP contribution in [-0.4, -0.2) is 22.0 Å². The Morgan fingerprint density at radius 1 is 1.35 bits per heavy atom. The second-order valence-electron chi connectivity index (χ2n) is 4.67. The van der Waals surface area contributed by atoms with Gasteiger partial charge in [0.1, 0.15) is 0 Å². The molecule has 0 amide bonds. The Bertz CT molecular complexity index is 576. The molecule has 0 aliphatic rings. The summed E-state index contributed by atoms with van der Waals surface area (Å²) in [5.41, 5.74) is 3.79. The van der Waals surface area contributed by atoms with Crippen molar-refractivity contribution < 1.29 is 13.2 Å². The summed E-state index contributed by atoms with van der Waals surface area (Å²) >= 11 is 0. The number of hydrogen-bond acceptors (Lipinski definition) is 3. The molecule has 2 rings (SSSR count). The summed E-state index contributed by atoms with van der Waals surface area (Å²) in [5, 5.41) is 5.25. The van der Waals surface area contributed by atoms with Gasteiger partial charge in [0.15, 0.2) is 0 Å². The van der Waals surface area contributed by atoms with Crippen LogP contribution in [0.1, 0.15) is 19.0 Å². The zero-order chi connectivity index (χ0) is 14.8. The third kappa shape index (κ3) is 3.29. The number of hydrazine groups is 1. The molecular formula is C13H17F3N4. The summed E-state index contributed by atoms with van der Waals surface area (Å²) in [7, 11) is 0. The molecule has 0 aliphatic heterocycles. The number of rotatable bonds is 5. The van der Waals surface area contributed by atoms with Crippen LogP contribution in [0.3, 0.4) is 0 Å². The minimum absolute atomic E-state index is 0.142. The second-order valence-corrected chi connectivity index (χ2v) is 4.67. The van der Waals surface area contributed by atoms with E-state index in [0.29, 0.717) is 12.2 Å². The third-order valence-electron chi connectivity index (χ3n) is 3.19. The molecule has 0 fully saturated rings. The molecule has 1 atom stereocenters. The molecule has 1 aromatic heterocycles. The zero-order valence-corrected chi connectivity index (χ0v) is 11.1. The van der Waals surface area contributed by atoms with Crippen LogP contribution in [-0.2, 0) is 13.0 Å². The molecule has 0 saturated heterocycles. The zero-order valence-electron chi connectivity index (χ0n) is 11.1. The summed E-state index contributed by atoms with van der Waals surface area (Å²) in [6.45, 7) is 2.61. The molecule has 1 aromatic carbocycles. The molecule has 1 unspecified atom stereocenters. The number of fused-ring (bicyclic) bond motifs is 1. The number of nitrogens with one attached hydrogen (secondary N) is 1. The van der Waals surface area contributed by atoms with Crippen LogP contribution in [0.15, 0.2) is 24.3 Å². The highest BCUT2D eigenvalue weighted by Gasteiger charge is 2.32. The van der Waals surface area contributed by atoms with E-state index >= 15 is 0 Å². The Morgan fingerprint density at radius 3 is 2.65 bits per heavy atom. The van der Waals surface area contributed by atoms with Gasteiger partial charge in [-0.1, -0.05) is 18.2 Å². The molecule has 0 bridgehead atoms. The van der Waals surface area contributed by atoms with E-state index in [9.17, 15) is 13.2 Å². The lowest BCUT2D eigenvalue weighted by atomic mass is 10.1. The summed E-state index contributed by atoms with van der Waals surface area (Å²) in [6.07, 6.45) is -5.08. The fourth-order valence-corrected chi connectivity index (χ4v) is 2.29. The first-order chi connectivity index (χ1) is 9.44. The van der Waals surface area contributed by atoms with Crippen molar-refractivity contribution in [1.82, 2.24) is 15.2 Å². The minimum Gasteiger partial charge on any atom is -0.271 e. The molecule has 0 spiro atoms. The normalized spacial score (nSPS) is 13.8. The third-order valence-corrected chi connectivity index (χ3v) is 3.19. The molecule has 2 aromatic rings. The highest BCUT2D eigenvalue weighted by atomic mass is 19.4. The van der Waals surface area contributed by atoms with Crippen molar-refractivity contribution in [1.29, 1.82) is 0 Å². The number of aromatic nitrogens is 2. The van der Waals surface area contributed by atoms with Crippen molar-refractivity contribution in [3.63, 3.8) is 0 Å². The van der Waals surface area contributed by atoms with Crippen molar-refractivity contribution in [3.8, 4) is 0 Å². The Morgan fingerprint density at radius 2 is 2.05 bits per heavy atom. The van der Waals surface area contributed by atoms with Crippen LogP contribution in [0.4, 0.5) is 13.2 Å². The van der Waals surface area contributed by atoms with Crippen molar-refractivity contribution in [2.75, 3.05) is 0 Å². The van der Waals surface area contributed by atoms with Gasteiger partial charge < -0.3 is 0 Å². The average molecular weight is 286 g/mol. The predicted octanol–water partition coefficient (Wildman–Crippen LogP) is 2.38. The average Bonchev–Trinajstić information content (AvgIpc) is 2.75. The van der Waals surface area contributed by atoms with Crippen molar-refractivity contribution in [3.05, 3.63) is 30.0 Å². The molecule has 3 N–H and O–H groups in total. The van der Waals surface area contributed by atoms with E-state index in [4.69, 9.17) is 5.84 Å². The largest absolute Gasteiger partial charge is 0.390 e. The Labute approximate surface area is 114 Å². The van der Waals surface area contributed by atoms with E-state index in [0.717, 1.165) is 10.9 Å². The Kier molecular flexibility index (Phi) is 4.29. The lowest BCUT2D eigenvalue weighted by Gasteiger charge is -2.16. The fourth-order valence-electron chi connectivity index (χ4n) is 2.29. The molecule has 4 nitrogen and oxygen atoms in total. The quantitative estimate of drug-likeness (QED) is 0.655. The predicted molar refractivity (Wildman–Crippen MR) is 70.9 cm³/mol. The Hall–Kier alpha value is -1.60. The molecule has 20 heavy (non-hydrogen) atoms. The van der Waals surface area contributed by atoms with Crippen LogP contribution in [0.25, 0.3) is 10.9 Å². The van der Waals surface area contributed by atoms with Gasteiger partial charge in [-0.05, 0) is 13.0 Å². The first-order valence-electron chi connectivity index (χ1n) is 6.42. The first kappa shape index (κ1) is 14.8. The molecule has 1 heterocycles. The van der Waals surface area contributed by atoms with Gasteiger partial charge >= 0.3 is 6.18 Å². The number of alkyl halides is 3. The number of benzene rings is 1. The fraction of sp³-hybridized carbons (Fsp3) is 0.462. The minimum atomic E-state index is -4.25. The van der Waals surface area contributed by atoms with Gasteiger partial charge in [-0.2, -0.15) is 18.3 Å². The van der Waals surface area contributed by atoms with Gasteiger partial charge in [-0.3, -0.25) is 16.0 Å². The summed E-state index contributed by atoms with van der Waals surface area (Å²) in [5.74, 6) is 5.23. The molecule has 110 valence electrons. The standard InChI is InChI=1S/C13H17F3N4/c1-2-20-12-6-4-3-5-10(12)11(19-20)7-9(18-17)8-13(14,15)16/h3-6,9,18H,2,7-8,17H2,1H3. The number of hydrogen-bond donors (Lipinski definition) is 2. The molecule has 0 saturated carbocycles. The van der Waals surface area contributed by atoms with Crippen LogP contribution in [0.5, 0.6) is 0 Å². The summed E-state index contributed by atoms with van der Waals surface area (Å²) in [6, 6.07) is 6.63. The number of para-hydroxylation sites is 1. The maximum atomic E-state index is 12.5. The van der Waals surface area contributed by atoms with Gasteiger partial charge in [0, 0.05) is 24.4 Å². The maximum Gasteiger partial charge on any atom is 0.390 e. The van der Waals surface area contributed by atoms with E-state index in [1.807, 2.05) is 31.2 Å². The van der Waals surface area contributed by atoms with Gasteiger partial charge in [-0.15, -0.1) is 0 Å². The summed E-state index contributed by atoms with van der Waals surface area (Å²) in [4.78, 5) is 0. The van der Waals surface area contributed by atoms with E-state index in [1.54, 1.807) is 4.68 Å². The van der Waals surface area contributed by atoms with E-state index in [2.05, 4.69) is 10.5 Å². The van der Waals surface area contributed by atoms with Crippen molar-refractivity contribution in [2.24, 2.45) is 5.84 Å². The molecule has 0 radical (unpaired) electrons. The monoisotopic (exact) mass is 286 g/mol.